The Morgan fingerprint density at radius 2 is 2.18 bits per heavy atom. The average molecular weight is 530 g/mol. The highest BCUT2D eigenvalue weighted by molar-refractivity contribution is 6.32. The van der Waals surface area contributed by atoms with Crippen LogP contribution < -0.4 is 15.4 Å². The van der Waals surface area contributed by atoms with Crippen LogP contribution in [0.4, 0.5) is 11.4 Å². The molecule has 3 N–H and O–H groups in total. The first-order chi connectivity index (χ1) is 18.2. The van der Waals surface area contributed by atoms with Gasteiger partial charge in [-0.15, -0.1) is 0 Å². The van der Waals surface area contributed by atoms with Gasteiger partial charge in [0.1, 0.15) is 6.04 Å². The Labute approximate surface area is 226 Å². The minimum atomic E-state index is -0.253. The molecule has 194 valence electrons. The molecule has 1 aromatic carbocycles. The molecule has 3 aromatic rings. The summed E-state index contributed by atoms with van der Waals surface area (Å²) < 4.78 is 5.53. The number of hydrogen-bond acceptors (Lipinski definition) is 5. The summed E-state index contributed by atoms with van der Waals surface area (Å²) >= 11 is 6.37. The Bertz CT molecular complexity index is 1510. The van der Waals surface area contributed by atoms with Crippen molar-refractivity contribution in [3.8, 4) is 28.8 Å². The monoisotopic (exact) mass is 529 g/mol. The van der Waals surface area contributed by atoms with Gasteiger partial charge in [-0.3, -0.25) is 14.6 Å². The molecule has 1 atom stereocenters. The molecule has 0 radical (unpaired) electrons. The van der Waals surface area contributed by atoms with Gasteiger partial charge in [-0.25, -0.2) is 0 Å². The van der Waals surface area contributed by atoms with Crippen molar-refractivity contribution in [1.82, 2.24) is 20.2 Å². The Kier molecular flexibility index (Phi) is 6.64. The van der Waals surface area contributed by atoms with Crippen LogP contribution in [0, 0.1) is 17.3 Å². The SMILES string of the molecule is C=CC(=O)N1CC(C)(C)[C@@H]1C#Cc1cnccc1-c1[nH]c2c(c1Nc1cccc(Cl)c1OC)C(=O)NCC2. The van der Waals surface area contributed by atoms with E-state index in [4.69, 9.17) is 16.3 Å². The highest BCUT2D eigenvalue weighted by atomic mass is 35.5. The van der Waals surface area contributed by atoms with Crippen molar-refractivity contribution in [2.24, 2.45) is 5.41 Å². The van der Waals surface area contributed by atoms with Crippen molar-refractivity contribution in [2.75, 3.05) is 25.5 Å². The minimum absolute atomic E-state index is 0.139. The predicted octanol–water partition coefficient (Wildman–Crippen LogP) is 4.54. The predicted molar refractivity (Wildman–Crippen MR) is 148 cm³/mol. The van der Waals surface area contributed by atoms with Crippen molar-refractivity contribution in [3.05, 3.63) is 71.2 Å². The zero-order valence-electron chi connectivity index (χ0n) is 21.4. The second-order valence-electron chi connectivity index (χ2n) is 9.93. The number of hydrogen-bond donors (Lipinski definition) is 3. The third kappa shape index (κ3) is 4.39. The summed E-state index contributed by atoms with van der Waals surface area (Å²) in [6.07, 6.45) is 5.35. The van der Waals surface area contributed by atoms with E-state index in [1.807, 2.05) is 18.2 Å². The minimum Gasteiger partial charge on any atom is -0.493 e. The molecule has 1 fully saturated rings. The van der Waals surface area contributed by atoms with E-state index in [1.165, 1.54) is 6.08 Å². The Balaban J connectivity index is 1.62. The number of amides is 2. The summed E-state index contributed by atoms with van der Waals surface area (Å²) in [6, 6.07) is 7.00. The van der Waals surface area contributed by atoms with Crippen LogP contribution in [0.1, 0.15) is 35.5 Å². The average Bonchev–Trinajstić information content (AvgIpc) is 3.26. The zero-order valence-corrected chi connectivity index (χ0v) is 22.2. The molecule has 0 spiro atoms. The number of aromatic amines is 1. The van der Waals surface area contributed by atoms with E-state index in [0.717, 1.165) is 11.3 Å². The topological polar surface area (TPSA) is 99.3 Å². The Morgan fingerprint density at radius 3 is 2.92 bits per heavy atom. The lowest BCUT2D eigenvalue weighted by atomic mass is 9.75. The molecule has 0 bridgehead atoms. The number of anilines is 2. The third-order valence-corrected chi connectivity index (χ3v) is 7.22. The highest BCUT2D eigenvalue weighted by Crippen LogP contribution is 2.42. The zero-order chi connectivity index (χ0) is 27.0. The molecule has 0 aliphatic carbocycles. The van der Waals surface area contributed by atoms with Gasteiger partial charge in [0, 0.05) is 48.6 Å². The number of nitrogens with one attached hydrogen (secondary N) is 3. The summed E-state index contributed by atoms with van der Waals surface area (Å²) in [5.74, 6) is 6.70. The van der Waals surface area contributed by atoms with Crippen LogP contribution in [0.2, 0.25) is 5.02 Å². The van der Waals surface area contributed by atoms with E-state index < -0.39 is 0 Å². The van der Waals surface area contributed by atoms with Gasteiger partial charge in [-0.05, 0) is 24.3 Å². The maximum absolute atomic E-state index is 13.0. The quantitative estimate of drug-likeness (QED) is 0.333. The number of H-pyrrole nitrogens is 1. The number of ether oxygens (including phenoxy) is 1. The molecule has 0 unspecified atom stereocenters. The maximum atomic E-state index is 13.0. The Hall–Kier alpha value is -4.22. The summed E-state index contributed by atoms with van der Waals surface area (Å²) in [4.78, 5) is 34.8. The first-order valence-electron chi connectivity index (χ1n) is 12.3. The number of likely N-dealkylation sites (tertiary alicyclic amines) is 1. The van der Waals surface area contributed by atoms with Crippen molar-refractivity contribution in [2.45, 2.75) is 26.3 Å². The summed E-state index contributed by atoms with van der Waals surface area (Å²) in [5.41, 5.74) is 4.58. The molecule has 0 saturated carbocycles. The van der Waals surface area contributed by atoms with Crippen LogP contribution in [0.25, 0.3) is 11.3 Å². The number of pyridine rings is 1. The molecule has 5 rings (SSSR count). The van der Waals surface area contributed by atoms with Crippen molar-refractivity contribution >= 4 is 34.8 Å². The number of aromatic nitrogens is 2. The van der Waals surface area contributed by atoms with Gasteiger partial charge in [0.15, 0.2) is 5.75 Å². The number of nitrogens with zero attached hydrogens (tertiary/aromatic N) is 2. The molecule has 2 aliphatic rings. The van der Waals surface area contributed by atoms with Crippen LogP contribution in [0.5, 0.6) is 5.75 Å². The second kappa shape index (κ2) is 9.92. The number of rotatable bonds is 5. The summed E-state index contributed by atoms with van der Waals surface area (Å²) in [7, 11) is 1.55. The fraction of sp³-hybridized carbons (Fsp3) is 0.276. The molecule has 2 aromatic heterocycles. The van der Waals surface area contributed by atoms with Gasteiger partial charge in [0.25, 0.3) is 5.91 Å². The lowest BCUT2D eigenvalue weighted by Crippen LogP contribution is -2.62. The first kappa shape index (κ1) is 25.4. The second-order valence-corrected chi connectivity index (χ2v) is 10.3. The molecule has 38 heavy (non-hydrogen) atoms. The van der Waals surface area contributed by atoms with Gasteiger partial charge in [-0.2, -0.15) is 0 Å². The lowest BCUT2D eigenvalue weighted by Gasteiger charge is -2.51. The number of methoxy groups -OCH3 is 1. The standard InChI is InChI=1S/C29H28ClN5O3/c1-5-23(36)35-16-29(2,3)22(35)10-9-17-15-31-13-11-18(17)25-26(24-20(33-25)12-14-32-28(24)37)34-21-8-6-7-19(30)27(21)38-4/h5-8,11,13,15,22,33-34H,1,12,14,16H2,2-4H3,(H,32,37)/t22-/m0/s1. The van der Waals surface area contributed by atoms with Gasteiger partial charge in [0.05, 0.1) is 40.3 Å². The molecular formula is C29H28ClN5O3. The van der Waals surface area contributed by atoms with Gasteiger partial charge < -0.3 is 25.3 Å². The van der Waals surface area contributed by atoms with E-state index >= 15 is 0 Å². The van der Waals surface area contributed by atoms with Crippen molar-refractivity contribution in [1.29, 1.82) is 0 Å². The van der Waals surface area contributed by atoms with Crippen LogP contribution in [0.3, 0.4) is 0 Å². The molecule has 2 aliphatic heterocycles. The van der Waals surface area contributed by atoms with Gasteiger partial charge in [0.2, 0.25) is 5.91 Å². The fourth-order valence-corrected chi connectivity index (χ4v) is 5.29. The summed E-state index contributed by atoms with van der Waals surface area (Å²) in [6.45, 7) is 8.93. The molecular weight excluding hydrogens is 502 g/mol. The van der Waals surface area contributed by atoms with E-state index in [0.29, 0.717) is 58.5 Å². The molecule has 2 amide bonds. The molecule has 1 saturated heterocycles. The normalized spacial score (nSPS) is 17.3. The number of fused-ring (bicyclic) bond motifs is 1. The smallest absolute Gasteiger partial charge is 0.255 e. The van der Waals surface area contributed by atoms with Crippen molar-refractivity contribution in [3.63, 3.8) is 0 Å². The van der Waals surface area contributed by atoms with Crippen LogP contribution >= 0.6 is 11.6 Å². The largest absolute Gasteiger partial charge is 0.493 e. The molecule has 4 heterocycles. The van der Waals surface area contributed by atoms with E-state index in [1.54, 1.807) is 30.5 Å². The number of carbonyl (C=O) groups is 2. The molecule has 9 heteroatoms. The number of benzene rings is 1. The number of halogens is 1. The molecule has 8 nitrogen and oxygen atoms in total. The lowest BCUT2D eigenvalue weighted by molar-refractivity contribution is -0.140. The Morgan fingerprint density at radius 1 is 1.37 bits per heavy atom. The van der Waals surface area contributed by atoms with Crippen LogP contribution in [0.15, 0.2) is 49.3 Å². The van der Waals surface area contributed by atoms with Gasteiger partial charge >= 0.3 is 0 Å². The van der Waals surface area contributed by atoms with E-state index in [-0.39, 0.29) is 23.3 Å². The first-order valence-corrected chi connectivity index (χ1v) is 12.6. The van der Waals surface area contributed by atoms with E-state index in [2.05, 4.69) is 52.9 Å². The third-order valence-electron chi connectivity index (χ3n) is 6.92. The van der Waals surface area contributed by atoms with Crippen LogP contribution in [-0.4, -0.2) is 52.9 Å². The fourth-order valence-electron chi connectivity index (χ4n) is 5.04. The maximum Gasteiger partial charge on any atom is 0.255 e. The number of carbonyl (C=O) groups excluding carboxylic acids is 2. The summed E-state index contributed by atoms with van der Waals surface area (Å²) in [5, 5.41) is 6.77. The van der Waals surface area contributed by atoms with Crippen LogP contribution in [-0.2, 0) is 11.2 Å². The number of para-hydroxylation sites is 1. The highest BCUT2D eigenvalue weighted by Gasteiger charge is 2.46. The van der Waals surface area contributed by atoms with Gasteiger partial charge in [-0.1, -0.05) is 49.9 Å². The van der Waals surface area contributed by atoms with Crippen molar-refractivity contribution < 1.29 is 14.3 Å². The van der Waals surface area contributed by atoms with E-state index in [9.17, 15) is 9.59 Å².